The smallest absolute Gasteiger partial charge is 0.253 e. The number of hydrogen-bond donors (Lipinski definition) is 0. The fraction of sp³-hybridized carbons (Fsp3) is 0.333. The van der Waals surface area contributed by atoms with Crippen molar-refractivity contribution >= 4 is 11.7 Å². The highest BCUT2D eigenvalue weighted by Gasteiger charge is 2.22. The molecule has 1 fully saturated rings. The molecule has 0 N–H and O–H groups in total. The molecule has 4 nitrogen and oxygen atoms in total. The minimum absolute atomic E-state index is 0.135. The zero-order valence-electron chi connectivity index (χ0n) is 12.9. The summed E-state index contributed by atoms with van der Waals surface area (Å²) in [4.78, 5) is 21.1. The molecule has 0 unspecified atom stereocenters. The van der Waals surface area contributed by atoms with E-state index in [2.05, 4.69) is 22.9 Å². The van der Waals surface area contributed by atoms with Gasteiger partial charge in [-0.3, -0.25) is 4.79 Å². The number of aromatic nitrogens is 1. The molecule has 1 aliphatic rings. The van der Waals surface area contributed by atoms with E-state index in [4.69, 9.17) is 0 Å². The lowest BCUT2D eigenvalue weighted by atomic mass is 10.1. The molecule has 114 valence electrons. The maximum atomic E-state index is 12.6. The van der Waals surface area contributed by atoms with Gasteiger partial charge in [0.2, 0.25) is 0 Å². The van der Waals surface area contributed by atoms with Crippen LogP contribution >= 0.6 is 0 Å². The minimum Gasteiger partial charge on any atom is -0.353 e. The van der Waals surface area contributed by atoms with Gasteiger partial charge in [-0.2, -0.15) is 0 Å². The highest BCUT2D eigenvalue weighted by Crippen LogP contribution is 2.15. The zero-order valence-corrected chi connectivity index (χ0v) is 12.9. The van der Waals surface area contributed by atoms with Crippen LogP contribution in [-0.4, -0.2) is 42.0 Å². The topological polar surface area (TPSA) is 36.4 Å². The minimum atomic E-state index is 0.135. The van der Waals surface area contributed by atoms with Crippen molar-refractivity contribution in [3.8, 4) is 0 Å². The number of anilines is 1. The van der Waals surface area contributed by atoms with Crippen molar-refractivity contribution in [1.29, 1.82) is 0 Å². The number of amides is 1. The number of carbonyl (C=O) groups is 1. The van der Waals surface area contributed by atoms with Crippen LogP contribution in [0.15, 0.2) is 48.7 Å². The third kappa shape index (κ3) is 3.11. The van der Waals surface area contributed by atoms with E-state index in [-0.39, 0.29) is 5.91 Å². The fourth-order valence-corrected chi connectivity index (χ4v) is 2.79. The molecule has 0 saturated carbocycles. The molecule has 1 aliphatic heterocycles. The second kappa shape index (κ2) is 6.60. The van der Waals surface area contributed by atoms with E-state index in [1.807, 2.05) is 47.5 Å². The number of rotatable bonds is 3. The predicted octanol–water partition coefficient (Wildman–Crippen LogP) is 2.61. The number of nitrogens with zero attached hydrogens (tertiary/aromatic N) is 3. The monoisotopic (exact) mass is 295 g/mol. The van der Waals surface area contributed by atoms with Crippen molar-refractivity contribution in [3.63, 3.8) is 0 Å². The SMILES string of the molecule is CCc1cccc(C(=O)N2CCN(c3ccccn3)CC2)c1. The maximum Gasteiger partial charge on any atom is 0.253 e. The summed E-state index contributed by atoms with van der Waals surface area (Å²) < 4.78 is 0. The van der Waals surface area contributed by atoms with E-state index in [1.54, 1.807) is 0 Å². The summed E-state index contributed by atoms with van der Waals surface area (Å²) in [6, 6.07) is 13.9. The fourth-order valence-electron chi connectivity index (χ4n) is 2.79. The molecule has 0 atom stereocenters. The van der Waals surface area contributed by atoms with Crippen molar-refractivity contribution in [3.05, 3.63) is 59.8 Å². The Labute approximate surface area is 131 Å². The summed E-state index contributed by atoms with van der Waals surface area (Å²) >= 11 is 0. The number of piperazine rings is 1. The van der Waals surface area contributed by atoms with Gasteiger partial charge in [0.25, 0.3) is 5.91 Å². The molecule has 0 radical (unpaired) electrons. The summed E-state index contributed by atoms with van der Waals surface area (Å²) in [5.41, 5.74) is 2.00. The Bertz CT molecular complexity index is 634. The summed E-state index contributed by atoms with van der Waals surface area (Å²) in [6.07, 6.45) is 2.76. The third-order valence-electron chi connectivity index (χ3n) is 4.12. The largest absolute Gasteiger partial charge is 0.353 e. The molecular weight excluding hydrogens is 274 g/mol. The van der Waals surface area contributed by atoms with Crippen LogP contribution in [-0.2, 0) is 6.42 Å². The molecule has 0 spiro atoms. The van der Waals surface area contributed by atoms with E-state index in [9.17, 15) is 4.79 Å². The summed E-state index contributed by atoms with van der Waals surface area (Å²) in [5.74, 6) is 1.12. The van der Waals surface area contributed by atoms with Crippen molar-refractivity contribution < 1.29 is 4.79 Å². The maximum absolute atomic E-state index is 12.6. The van der Waals surface area contributed by atoms with Crippen LogP contribution in [0.2, 0.25) is 0 Å². The van der Waals surface area contributed by atoms with Crippen molar-refractivity contribution in [1.82, 2.24) is 9.88 Å². The molecule has 1 saturated heterocycles. The van der Waals surface area contributed by atoms with Gasteiger partial charge in [0.15, 0.2) is 0 Å². The lowest BCUT2D eigenvalue weighted by molar-refractivity contribution is 0.0746. The lowest BCUT2D eigenvalue weighted by Gasteiger charge is -2.35. The molecule has 3 rings (SSSR count). The van der Waals surface area contributed by atoms with Crippen molar-refractivity contribution in [2.24, 2.45) is 0 Å². The summed E-state index contributed by atoms with van der Waals surface area (Å²) in [7, 11) is 0. The van der Waals surface area contributed by atoms with Crippen LogP contribution in [0.4, 0.5) is 5.82 Å². The molecular formula is C18H21N3O. The third-order valence-corrected chi connectivity index (χ3v) is 4.12. The van der Waals surface area contributed by atoms with Gasteiger partial charge in [-0.05, 0) is 36.2 Å². The normalized spacial score (nSPS) is 15.0. The molecule has 0 aliphatic carbocycles. The van der Waals surface area contributed by atoms with Gasteiger partial charge in [0, 0.05) is 37.9 Å². The van der Waals surface area contributed by atoms with E-state index in [0.717, 1.165) is 44.0 Å². The number of hydrogen-bond acceptors (Lipinski definition) is 3. The van der Waals surface area contributed by atoms with Gasteiger partial charge in [-0.25, -0.2) is 4.98 Å². The summed E-state index contributed by atoms with van der Waals surface area (Å²) in [6.45, 7) is 5.25. The first-order valence-electron chi connectivity index (χ1n) is 7.82. The average Bonchev–Trinajstić information content (AvgIpc) is 2.62. The molecule has 4 heteroatoms. The van der Waals surface area contributed by atoms with Gasteiger partial charge in [0.05, 0.1) is 0 Å². The van der Waals surface area contributed by atoms with Gasteiger partial charge in [-0.15, -0.1) is 0 Å². The van der Waals surface area contributed by atoms with E-state index in [1.165, 1.54) is 5.56 Å². The Morgan fingerprint density at radius 1 is 1.09 bits per heavy atom. The number of carbonyl (C=O) groups excluding carboxylic acids is 1. The Hall–Kier alpha value is -2.36. The quantitative estimate of drug-likeness (QED) is 0.873. The van der Waals surface area contributed by atoms with E-state index < -0.39 is 0 Å². The molecule has 1 aromatic carbocycles. The van der Waals surface area contributed by atoms with Crippen LogP contribution in [0.5, 0.6) is 0 Å². The van der Waals surface area contributed by atoms with Crippen molar-refractivity contribution in [2.45, 2.75) is 13.3 Å². The van der Waals surface area contributed by atoms with Crippen LogP contribution in [0, 0.1) is 0 Å². The number of benzene rings is 1. The number of pyridine rings is 1. The highest BCUT2D eigenvalue weighted by atomic mass is 16.2. The highest BCUT2D eigenvalue weighted by molar-refractivity contribution is 5.94. The lowest BCUT2D eigenvalue weighted by Crippen LogP contribution is -2.49. The molecule has 2 aromatic rings. The second-order valence-electron chi connectivity index (χ2n) is 5.52. The zero-order chi connectivity index (χ0) is 15.4. The molecule has 22 heavy (non-hydrogen) atoms. The molecule has 2 heterocycles. The van der Waals surface area contributed by atoms with Gasteiger partial charge < -0.3 is 9.80 Å². The molecule has 1 amide bonds. The molecule has 1 aromatic heterocycles. The first-order chi connectivity index (χ1) is 10.8. The Balaban J connectivity index is 1.64. The number of aryl methyl sites for hydroxylation is 1. The average molecular weight is 295 g/mol. The van der Waals surface area contributed by atoms with Crippen LogP contribution in [0.1, 0.15) is 22.8 Å². The summed E-state index contributed by atoms with van der Waals surface area (Å²) in [5, 5.41) is 0. The second-order valence-corrected chi connectivity index (χ2v) is 5.52. The van der Waals surface area contributed by atoms with Gasteiger partial charge in [0.1, 0.15) is 5.82 Å². The van der Waals surface area contributed by atoms with E-state index in [0.29, 0.717) is 0 Å². The first kappa shape index (κ1) is 14.6. The molecule has 0 bridgehead atoms. The van der Waals surface area contributed by atoms with Gasteiger partial charge >= 0.3 is 0 Å². The Morgan fingerprint density at radius 3 is 2.59 bits per heavy atom. The van der Waals surface area contributed by atoms with E-state index >= 15 is 0 Å². The Morgan fingerprint density at radius 2 is 1.91 bits per heavy atom. The Kier molecular flexibility index (Phi) is 4.37. The standard InChI is InChI=1S/C18H21N3O/c1-2-15-6-5-7-16(14-15)18(22)21-12-10-20(11-13-21)17-8-3-4-9-19-17/h3-9,14H,2,10-13H2,1H3. The van der Waals surface area contributed by atoms with Crippen molar-refractivity contribution in [2.75, 3.05) is 31.1 Å². The van der Waals surface area contributed by atoms with Crippen LogP contribution in [0.3, 0.4) is 0 Å². The predicted molar refractivity (Wildman–Crippen MR) is 88.2 cm³/mol. The van der Waals surface area contributed by atoms with Crippen LogP contribution < -0.4 is 4.90 Å². The van der Waals surface area contributed by atoms with Gasteiger partial charge in [-0.1, -0.05) is 25.1 Å². The van der Waals surface area contributed by atoms with Crippen LogP contribution in [0.25, 0.3) is 0 Å². The first-order valence-corrected chi connectivity index (χ1v) is 7.82.